The summed E-state index contributed by atoms with van der Waals surface area (Å²) in [5.74, 6) is 0.181. The monoisotopic (exact) mass is 299 g/mol. The summed E-state index contributed by atoms with van der Waals surface area (Å²) in [4.78, 5) is 0. The fourth-order valence-electron chi connectivity index (χ4n) is 1.33. The van der Waals surface area contributed by atoms with Crippen LogP contribution in [0.3, 0.4) is 0 Å². The molecule has 17 heavy (non-hydrogen) atoms. The van der Waals surface area contributed by atoms with Crippen LogP contribution in [0.25, 0.3) is 0 Å². The first-order chi connectivity index (χ1) is 7.94. The average molecular weight is 300 g/mol. The summed E-state index contributed by atoms with van der Waals surface area (Å²) in [5, 5.41) is 8.83. The zero-order valence-corrected chi connectivity index (χ0v) is 11.6. The Morgan fingerprint density at radius 2 is 2.18 bits per heavy atom. The Kier molecular flexibility index (Phi) is 4.95. The second kappa shape index (κ2) is 6.02. The van der Waals surface area contributed by atoms with Crippen LogP contribution in [0.1, 0.15) is 26.7 Å². The second-order valence-corrected chi connectivity index (χ2v) is 5.38. The van der Waals surface area contributed by atoms with E-state index in [1.165, 1.54) is 6.07 Å². The van der Waals surface area contributed by atoms with Crippen LogP contribution < -0.4 is 4.74 Å². The lowest BCUT2D eigenvalue weighted by Gasteiger charge is -2.14. The predicted molar refractivity (Wildman–Crippen MR) is 68.2 cm³/mol. The van der Waals surface area contributed by atoms with Crippen molar-refractivity contribution in [1.29, 1.82) is 5.26 Å². The Morgan fingerprint density at radius 3 is 2.76 bits per heavy atom. The third-order valence-corrected chi connectivity index (χ3v) is 3.05. The van der Waals surface area contributed by atoms with Gasteiger partial charge in [0.1, 0.15) is 11.6 Å². The fourth-order valence-corrected chi connectivity index (χ4v) is 1.57. The molecule has 0 heterocycles. The van der Waals surface area contributed by atoms with Crippen molar-refractivity contribution in [3.8, 4) is 11.8 Å². The molecule has 0 fully saturated rings. The molecule has 1 aromatic rings. The van der Waals surface area contributed by atoms with Crippen molar-refractivity contribution in [2.75, 3.05) is 6.61 Å². The first kappa shape index (κ1) is 14.0. The summed E-state index contributed by atoms with van der Waals surface area (Å²) < 4.78 is 19.0. The molecule has 0 atom stereocenters. The molecule has 0 N–H and O–H groups in total. The molecular weight excluding hydrogens is 285 g/mol. The van der Waals surface area contributed by atoms with Crippen LogP contribution in [0.15, 0.2) is 22.7 Å². The van der Waals surface area contributed by atoms with Crippen molar-refractivity contribution < 1.29 is 9.13 Å². The van der Waals surface area contributed by atoms with Crippen LogP contribution in [0.5, 0.6) is 5.75 Å². The summed E-state index contributed by atoms with van der Waals surface area (Å²) >= 11 is 3.08. The molecule has 92 valence electrons. The maximum Gasteiger partial charge on any atom is 0.141 e. The largest absolute Gasteiger partial charge is 0.493 e. The van der Waals surface area contributed by atoms with Crippen molar-refractivity contribution in [3.05, 3.63) is 28.5 Å². The molecule has 0 bridgehead atoms. The Bertz CT molecular complexity index is 426. The van der Waals surface area contributed by atoms with Gasteiger partial charge in [0.15, 0.2) is 0 Å². The van der Waals surface area contributed by atoms with E-state index in [9.17, 15) is 4.39 Å². The Morgan fingerprint density at radius 1 is 1.47 bits per heavy atom. The number of nitrogens with zero attached hydrogens (tertiary/aromatic N) is 1. The van der Waals surface area contributed by atoms with Gasteiger partial charge in [-0.2, -0.15) is 5.26 Å². The Labute approximate surface area is 110 Å². The molecule has 0 radical (unpaired) electrons. The summed E-state index contributed by atoms with van der Waals surface area (Å²) in [5.41, 5.74) is -0.325. The van der Waals surface area contributed by atoms with E-state index in [2.05, 4.69) is 22.0 Å². The summed E-state index contributed by atoms with van der Waals surface area (Å²) in [6.07, 6.45) is 1.54. The number of halogens is 2. The van der Waals surface area contributed by atoms with Crippen molar-refractivity contribution in [1.82, 2.24) is 0 Å². The van der Waals surface area contributed by atoms with Gasteiger partial charge >= 0.3 is 0 Å². The molecular formula is C13H15BrFNO. The van der Waals surface area contributed by atoms with E-state index in [0.717, 1.165) is 12.8 Å². The van der Waals surface area contributed by atoms with Gasteiger partial charge < -0.3 is 4.74 Å². The molecule has 0 saturated carbocycles. The van der Waals surface area contributed by atoms with Crippen molar-refractivity contribution in [2.24, 2.45) is 5.41 Å². The first-order valence-corrected chi connectivity index (χ1v) is 6.23. The van der Waals surface area contributed by atoms with Crippen LogP contribution in [0.4, 0.5) is 4.39 Å². The van der Waals surface area contributed by atoms with Crippen LogP contribution in [0.2, 0.25) is 0 Å². The minimum Gasteiger partial charge on any atom is -0.493 e. The van der Waals surface area contributed by atoms with Gasteiger partial charge in [-0.05, 0) is 54.8 Å². The van der Waals surface area contributed by atoms with Gasteiger partial charge in [0.25, 0.3) is 0 Å². The molecule has 0 aliphatic heterocycles. The normalized spacial score (nSPS) is 11.0. The topological polar surface area (TPSA) is 33.0 Å². The van der Waals surface area contributed by atoms with Crippen LogP contribution in [0, 0.1) is 22.6 Å². The van der Waals surface area contributed by atoms with Gasteiger partial charge in [-0.25, -0.2) is 4.39 Å². The number of nitriles is 1. The number of hydrogen-bond donors (Lipinski definition) is 0. The minimum absolute atomic E-state index is 0.325. The van der Waals surface area contributed by atoms with Gasteiger partial charge in [0, 0.05) is 6.07 Å². The molecule has 0 amide bonds. The summed E-state index contributed by atoms with van der Waals surface area (Å²) in [6.45, 7) is 4.28. The van der Waals surface area contributed by atoms with E-state index in [1.54, 1.807) is 12.1 Å². The van der Waals surface area contributed by atoms with Crippen molar-refractivity contribution in [2.45, 2.75) is 26.7 Å². The smallest absolute Gasteiger partial charge is 0.141 e. The number of hydrogen-bond acceptors (Lipinski definition) is 2. The Hall–Kier alpha value is -1.08. The van der Waals surface area contributed by atoms with E-state index >= 15 is 0 Å². The molecule has 0 spiro atoms. The van der Waals surface area contributed by atoms with E-state index in [-0.39, 0.29) is 11.2 Å². The second-order valence-electron chi connectivity index (χ2n) is 4.52. The van der Waals surface area contributed by atoms with Gasteiger partial charge in [-0.3, -0.25) is 0 Å². The van der Waals surface area contributed by atoms with Gasteiger partial charge in [0.2, 0.25) is 0 Å². The van der Waals surface area contributed by atoms with E-state index < -0.39 is 0 Å². The SMILES string of the molecule is CC(C)(C#N)CCCOc1ccc(Br)c(F)c1. The standard InChI is InChI=1S/C13H15BrFNO/c1-13(2,9-16)6-3-7-17-10-4-5-11(14)12(15)8-10/h4-5,8H,3,6-7H2,1-2H3. The molecule has 0 aromatic heterocycles. The van der Waals surface area contributed by atoms with E-state index in [4.69, 9.17) is 10.00 Å². The maximum atomic E-state index is 13.2. The molecule has 0 saturated heterocycles. The molecule has 1 aromatic carbocycles. The lowest BCUT2D eigenvalue weighted by Crippen LogP contribution is -2.10. The van der Waals surface area contributed by atoms with E-state index in [0.29, 0.717) is 16.8 Å². The molecule has 0 aliphatic carbocycles. The van der Waals surface area contributed by atoms with Crippen LogP contribution in [-0.2, 0) is 0 Å². The summed E-state index contributed by atoms with van der Waals surface area (Å²) in [6, 6.07) is 6.91. The quantitative estimate of drug-likeness (QED) is 0.760. The highest BCUT2D eigenvalue weighted by Gasteiger charge is 2.15. The highest BCUT2D eigenvalue weighted by atomic mass is 79.9. The first-order valence-electron chi connectivity index (χ1n) is 5.44. The Balaban J connectivity index is 2.37. The highest BCUT2D eigenvalue weighted by molar-refractivity contribution is 9.10. The highest BCUT2D eigenvalue weighted by Crippen LogP contribution is 2.23. The number of benzene rings is 1. The molecule has 2 nitrogen and oxygen atoms in total. The van der Waals surface area contributed by atoms with Gasteiger partial charge in [-0.15, -0.1) is 0 Å². The third kappa shape index (κ3) is 4.74. The number of rotatable bonds is 5. The van der Waals surface area contributed by atoms with E-state index in [1.807, 2.05) is 13.8 Å². The summed E-state index contributed by atoms with van der Waals surface area (Å²) in [7, 11) is 0. The van der Waals surface area contributed by atoms with Crippen LogP contribution in [-0.4, -0.2) is 6.61 Å². The fraction of sp³-hybridized carbons (Fsp3) is 0.462. The van der Waals surface area contributed by atoms with Gasteiger partial charge in [0.05, 0.1) is 22.6 Å². The van der Waals surface area contributed by atoms with Crippen molar-refractivity contribution in [3.63, 3.8) is 0 Å². The molecule has 0 aliphatic rings. The predicted octanol–water partition coefficient (Wildman–Crippen LogP) is 4.30. The average Bonchev–Trinajstić information content (AvgIpc) is 2.29. The van der Waals surface area contributed by atoms with Gasteiger partial charge in [-0.1, -0.05) is 0 Å². The minimum atomic E-state index is -0.333. The molecule has 1 rings (SSSR count). The lowest BCUT2D eigenvalue weighted by atomic mass is 9.90. The maximum absolute atomic E-state index is 13.2. The lowest BCUT2D eigenvalue weighted by molar-refractivity contribution is 0.283. The number of ether oxygens (including phenoxy) is 1. The molecule has 4 heteroatoms. The molecule has 0 unspecified atom stereocenters. The zero-order chi connectivity index (χ0) is 12.9. The van der Waals surface area contributed by atoms with Crippen LogP contribution >= 0.6 is 15.9 Å². The van der Waals surface area contributed by atoms with Crippen molar-refractivity contribution >= 4 is 15.9 Å². The zero-order valence-electron chi connectivity index (χ0n) is 9.96. The third-order valence-electron chi connectivity index (χ3n) is 2.41.